The van der Waals surface area contributed by atoms with Gasteiger partial charge in [-0.25, -0.2) is 4.98 Å². The molecule has 0 spiro atoms. The lowest BCUT2D eigenvalue weighted by atomic mass is 10.0. The number of ether oxygens (including phenoxy) is 4. The Kier molecular flexibility index (Phi) is 13.9. The first kappa shape index (κ1) is 38.4. The molecule has 3 aliphatic rings. The molecule has 8 bridgehead atoms. The number of unbranched alkanes of at least 4 members (excludes halogenated alkanes) is 4. The van der Waals surface area contributed by atoms with E-state index in [1.54, 1.807) is 18.6 Å². The van der Waals surface area contributed by atoms with Crippen molar-refractivity contribution in [3.63, 3.8) is 0 Å². The van der Waals surface area contributed by atoms with Gasteiger partial charge in [-0.05, 0) is 86.0 Å². The lowest BCUT2D eigenvalue weighted by Crippen LogP contribution is -2.24. The Morgan fingerprint density at radius 3 is 1.73 bits per heavy atom. The molecule has 0 saturated heterocycles. The Hall–Kier alpha value is -5.83. The Labute approximate surface area is 330 Å². The molecule has 0 fully saturated rings. The van der Waals surface area contributed by atoms with Gasteiger partial charge in [-0.15, -0.1) is 0 Å². The zero-order valence-corrected chi connectivity index (χ0v) is 32.3. The fourth-order valence-electron chi connectivity index (χ4n) is 6.79. The molecule has 9 heteroatoms. The largest absolute Gasteiger partial charge is 0.493 e. The molecule has 1 aromatic carbocycles. The molecule has 8 heterocycles. The fraction of sp³-hybridized carbons (Fsp3) is 0.340. The van der Waals surface area contributed by atoms with Gasteiger partial charge in [0.1, 0.15) is 23.0 Å². The summed E-state index contributed by atoms with van der Waals surface area (Å²) in [7, 11) is 0. The Morgan fingerprint density at radius 1 is 0.500 bits per heavy atom. The minimum Gasteiger partial charge on any atom is -0.493 e. The lowest BCUT2D eigenvalue weighted by molar-refractivity contribution is -0.00242. The number of pyridine rings is 5. The molecule has 56 heavy (non-hydrogen) atoms. The second-order valence-corrected chi connectivity index (χ2v) is 14.1. The first-order valence-electron chi connectivity index (χ1n) is 20.2. The summed E-state index contributed by atoms with van der Waals surface area (Å²) in [5.74, 6) is 2.74. The predicted octanol–water partition coefficient (Wildman–Crippen LogP) is 11.6. The van der Waals surface area contributed by atoms with Crippen LogP contribution in [0.5, 0.6) is 23.0 Å². The second-order valence-electron chi connectivity index (χ2n) is 14.1. The molecule has 0 aliphatic carbocycles. The molecule has 3 aliphatic heterocycles. The molecule has 0 amide bonds. The average Bonchev–Trinajstić information content (AvgIpc) is 3.25. The van der Waals surface area contributed by atoms with Crippen LogP contribution in [0.2, 0.25) is 0 Å². The molecular formula is C47H51N5O4. The normalized spacial score (nSPS) is 15.1. The van der Waals surface area contributed by atoms with Gasteiger partial charge in [0.25, 0.3) is 0 Å². The minimum atomic E-state index is -0.581. The maximum Gasteiger partial charge on any atom is 0.241 e. The van der Waals surface area contributed by atoms with Crippen molar-refractivity contribution in [1.82, 2.24) is 24.9 Å². The first-order chi connectivity index (χ1) is 27.7. The molecule has 5 aromatic heterocycles. The highest BCUT2D eigenvalue weighted by molar-refractivity contribution is 5.79. The molecule has 0 radical (unpaired) electrons. The van der Waals surface area contributed by atoms with E-state index in [4.69, 9.17) is 38.9 Å². The molecule has 1 unspecified atom stereocenters. The topological polar surface area (TPSA) is 101 Å². The molecule has 288 valence electrons. The summed E-state index contributed by atoms with van der Waals surface area (Å²) in [6, 6.07) is 29.6. The van der Waals surface area contributed by atoms with Gasteiger partial charge in [0.2, 0.25) is 6.29 Å². The van der Waals surface area contributed by atoms with Crippen LogP contribution in [0.1, 0.15) is 84.0 Å². The zero-order valence-electron chi connectivity index (χ0n) is 32.3. The van der Waals surface area contributed by atoms with E-state index in [1.165, 1.54) is 19.3 Å². The van der Waals surface area contributed by atoms with Crippen molar-refractivity contribution in [2.75, 3.05) is 13.2 Å². The van der Waals surface area contributed by atoms with Gasteiger partial charge in [0, 0.05) is 36.0 Å². The number of rotatable bonds is 8. The Bertz CT molecular complexity index is 2080. The fourth-order valence-corrected chi connectivity index (χ4v) is 6.79. The molecule has 6 aromatic rings. The summed E-state index contributed by atoms with van der Waals surface area (Å²) in [4.78, 5) is 23.8. The first-order valence-corrected chi connectivity index (χ1v) is 20.2. The average molecular weight is 750 g/mol. The van der Waals surface area contributed by atoms with E-state index in [0.717, 1.165) is 108 Å². The molecule has 0 N–H and O–H groups in total. The maximum absolute atomic E-state index is 6.89. The number of benzene rings is 1. The number of hydrogen-bond donors (Lipinski definition) is 0. The third kappa shape index (κ3) is 10.7. The number of hydrogen-bond acceptors (Lipinski definition) is 9. The third-order valence-corrected chi connectivity index (χ3v) is 9.84. The number of nitrogens with zero attached hydrogens (tertiary/aromatic N) is 5. The third-order valence-electron chi connectivity index (χ3n) is 9.84. The van der Waals surface area contributed by atoms with Crippen molar-refractivity contribution in [3.05, 3.63) is 116 Å². The smallest absolute Gasteiger partial charge is 0.241 e. The SMILES string of the molecule is CCCCCCCC1Oc2ccc(nc2)-c2cccc(n2)-c2ccc(cn2)OCCCCCCCCOc2cc(c(-c3ccccn3)cc2-c2ccccn2)O1. The predicted molar refractivity (Wildman–Crippen MR) is 221 cm³/mol. The Morgan fingerprint density at radius 2 is 1.11 bits per heavy atom. The maximum atomic E-state index is 6.89. The van der Waals surface area contributed by atoms with Crippen molar-refractivity contribution in [1.29, 1.82) is 0 Å². The van der Waals surface area contributed by atoms with Gasteiger partial charge in [-0.2, -0.15) is 0 Å². The zero-order chi connectivity index (χ0) is 38.2. The summed E-state index contributed by atoms with van der Waals surface area (Å²) < 4.78 is 26.1. The second kappa shape index (κ2) is 20.2. The molecule has 9 nitrogen and oxygen atoms in total. The van der Waals surface area contributed by atoms with Crippen molar-refractivity contribution >= 4 is 0 Å². The van der Waals surface area contributed by atoms with Crippen LogP contribution in [-0.2, 0) is 0 Å². The summed E-state index contributed by atoms with van der Waals surface area (Å²) in [6.45, 7) is 3.48. The van der Waals surface area contributed by atoms with Crippen LogP contribution in [0, 0.1) is 0 Å². The van der Waals surface area contributed by atoms with Crippen molar-refractivity contribution in [3.8, 4) is 68.3 Å². The van der Waals surface area contributed by atoms with E-state index in [1.807, 2.05) is 91.1 Å². The van der Waals surface area contributed by atoms with Crippen LogP contribution in [0.4, 0.5) is 0 Å². The standard InChI is InChI=1S/C47H51N5O4/c1-2-3-4-7-10-22-47-55-36-24-26-42(51-34-36)44-21-17-20-43(52-44)41-25-23-35(33-50-41)53-29-15-8-5-6-9-16-30-54-45-32-46(56-47)38(40-19-12-14-28-49-40)31-37(45)39-18-11-13-27-48-39/h11-14,17-21,23-28,31-34,47H,2-10,15-16,22,29-30H2,1H3. The summed E-state index contributed by atoms with van der Waals surface area (Å²) >= 11 is 0. The van der Waals surface area contributed by atoms with E-state index in [2.05, 4.69) is 18.0 Å². The van der Waals surface area contributed by atoms with Gasteiger partial charge in [-0.3, -0.25) is 19.9 Å². The molecular weight excluding hydrogens is 699 g/mol. The number of aromatic nitrogens is 5. The summed E-state index contributed by atoms with van der Waals surface area (Å²) in [5, 5.41) is 0. The van der Waals surface area contributed by atoms with Crippen molar-refractivity contribution in [2.45, 2.75) is 90.3 Å². The van der Waals surface area contributed by atoms with Crippen LogP contribution in [0.3, 0.4) is 0 Å². The molecule has 9 rings (SSSR count). The van der Waals surface area contributed by atoms with Crippen LogP contribution in [0.15, 0.2) is 116 Å². The quantitative estimate of drug-likeness (QED) is 0.141. The number of fused-ring (bicyclic) bond motifs is 2. The monoisotopic (exact) mass is 749 g/mol. The lowest BCUT2D eigenvalue weighted by Gasteiger charge is -2.24. The van der Waals surface area contributed by atoms with Gasteiger partial charge in [-0.1, -0.05) is 76.5 Å². The summed E-state index contributed by atoms with van der Waals surface area (Å²) in [6.07, 6.45) is 19.3. The van der Waals surface area contributed by atoms with E-state index in [-0.39, 0.29) is 0 Å². The summed E-state index contributed by atoms with van der Waals surface area (Å²) in [5.41, 5.74) is 6.38. The van der Waals surface area contributed by atoms with Crippen LogP contribution >= 0.6 is 0 Å². The highest BCUT2D eigenvalue weighted by Gasteiger charge is 2.21. The van der Waals surface area contributed by atoms with Crippen LogP contribution < -0.4 is 18.9 Å². The van der Waals surface area contributed by atoms with Crippen LogP contribution in [0.25, 0.3) is 45.3 Å². The van der Waals surface area contributed by atoms with Crippen molar-refractivity contribution in [2.24, 2.45) is 0 Å². The molecule has 0 saturated carbocycles. The van der Waals surface area contributed by atoms with Gasteiger partial charge in [0.15, 0.2) is 0 Å². The van der Waals surface area contributed by atoms with E-state index in [9.17, 15) is 0 Å². The highest BCUT2D eigenvalue weighted by Crippen LogP contribution is 2.41. The van der Waals surface area contributed by atoms with Gasteiger partial charge < -0.3 is 18.9 Å². The highest BCUT2D eigenvalue weighted by atomic mass is 16.7. The van der Waals surface area contributed by atoms with Crippen LogP contribution in [-0.4, -0.2) is 44.4 Å². The minimum absolute atomic E-state index is 0.581. The van der Waals surface area contributed by atoms with Crippen molar-refractivity contribution < 1.29 is 18.9 Å². The van der Waals surface area contributed by atoms with E-state index < -0.39 is 6.29 Å². The van der Waals surface area contributed by atoms with Gasteiger partial charge >= 0.3 is 0 Å². The molecule has 1 atom stereocenters. The van der Waals surface area contributed by atoms with Gasteiger partial charge in [0.05, 0.1) is 59.8 Å². The van der Waals surface area contributed by atoms with E-state index >= 15 is 0 Å². The Balaban J connectivity index is 1.22. The van der Waals surface area contributed by atoms with E-state index in [0.29, 0.717) is 31.1 Å².